The van der Waals surface area contributed by atoms with E-state index in [1.165, 1.54) is 0 Å². The molecule has 3 heterocycles. The zero-order valence-corrected chi connectivity index (χ0v) is 16.5. The van der Waals surface area contributed by atoms with Crippen LogP contribution in [0.1, 0.15) is 68.6 Å². The van der Waals surface area contributed by atoms with Gasteiger partial charge in [-0.25, -0.2) is 9.50 Å². The molecule has 1 aliphatic heterocycles. The number of carbonyl (C=O) groups is 1. The number of hydrogen-bond donors (Lipinski definition) is 0. The highest BCUT2D eigenvalue weighted by Crippen LogP contribution is 2.35. The van der Waals surface area contributed by atoms with E-state index in [2.05, 4.69) is 16.2 Å². The first-order valence-corrected chi connectivity index (χ1v) is 10.3. The van der Waals surface area contributed by atoms with E-state index in [0.29, 0.717) is 30.8 Å². The van der Waals surface area contributed by atoms with Gasteiger partial charge >= 0.3 is 6.18 Å². The molecule has 0 N–H and O–H groups in total. The van der Waals surface area contributed by atoms with Crippen molar-refractivity contribution >= 4 is 11.6 Å². The van der Waals surface area contributed by atoms with E-state index in [9.17, 15) is 18.0 Å². The summed E-state index contributed by atoms with van der Waals surface area (Å²) in [5.41, 5.74) is 0.236. The van der Waals surface area contributed by atoms with Crippen LogP contribution in [0.4, 0.5) is 13.2 Å². The zero-order valence-electron chi connectivity index (χ0n) is 16.5. The maximum atomic E-state index is 13.6. The summed E-state index contributed by atoms with van der Waals surface area (Å²) in [5.74, 6) is 0.0440. The van der Waals surface area contributed by atoms with Gasteiger partial charge in [-0.2, -0.15) is 18.3 Å². The van der Waals surface area contributed by atoms with Crippen LogP contribution in [-0.2, 0) is 17.4 Å². The second kappa shape index (κ2) is 7.80. The van der Waals surface area contributed by atoms with Gasteiger partial charge in [0, 0.05) is 24.2 Å². The summed E-state index contributed by atoms with van der Waals surface area (Å²) in [6.45, 7) is 2.40. The maximum absolute atomic E-state index is 13.6. The number of halogens is 3. The van der Waals surface area contributed by atoms with Gasteiger partial charge in [0.2, 0.25) is 5.91 Å². The third-order valence-corrected chi connectivity index (χ3v) is 5.90. The minimum Gasteiger partial charge on any atom is -0.334 e. The summed E-state index contributed by atoms with van der Waals surface area (Å²) in [6, 6.07) is 2.38. The number of likely N-dealkylation sites (tertiary alicyclic amines) is 1. The summed E-state index contributed by atoms with van der Waals surface area (Å²) < 4.78 is 41.6. The van der Waals surface area contributed by atoms with E-state index in [1.807, 2.05) is 11.0 Å². The number of rotatable bonds is 3. The molecule has 29 heavy (non-hydrogen) atoms. The van der Waals surface area contributed by atoms with Gasteiger partial charge in [0.1, 0.15) is 5.69 Å². The average Bonchev–Trinajstić information content (AvgIpc) is 3.16. The van der Waals surface area contributed by atoms with Crippen LogP contribution in [0.15, 0.2) is 24.3 Å². The molecule has 5 nitrogen and oxygen atoms in total. The van der Waals surface area contributed by atoms with Gasteiger partial charge in [-0.15, -0.1) is 0 Å². The molecule has 2 aliphatic rings. The standard InChI is InChI=1S/C21H25F3N4O/c1-2-15-12-18(21(22,23)24)28-19(25-15)13-16(26-28)17-10-6-7-11-27(17)20(29)14-8-4-3-5-9-14/h3-4,12-14,17H,2,5-11H2,1H3/t14-,17-/m0/s1. The topological polar surface area (TPSA) is 50.5 Å². The van der Waals surface area contributed by atoms with Gasteiger partial charge in [0.15, 0.2) is 5.65 Å². The van der Waals surface area contributed by atoms with Crippen LogP contribution in [-0.4, -0.2) is 31.9 Å². The van der Waals surface area contributed by atoms with E-state index in [1.54, 1.807) is 13.0 Å². The van der Waals surface area contributed by atoms with Crippen LogP contribution < -0.4 is 0 Å². The van der Waals surface area contributed by atoms with Crippen molar-refractivity contribution in [2.75, 3.05) is 6.54 Å². The Morgan fingerprint density at radius 3 is 2.72 bits per heavy atom. The largest absolute Gasteiger partial charge is 0.433 e. The summed E-state index contributed by atoms with van der Waals surface area (Å²) in [7, 11) is 0. The number of carbonyl (C=O) groups excluding carboxylic acids is 1. The Morgan fingerprint density at radius 1 is 1.21 bits per heavy atom. The van der Waals surface area contributed by atoms with E-state index in [-0.39, 0.29) is 23.5 Å². The predicted molar refractivity (Wildman–Crippen MR) is 102 cm³/mol. The molecule has 156 valence electrons. The molecule has 0 radical (unpaired) electrons. The molecule has 8 heteroatoms. The summed E-state index contributed by atoms with van der Waals surface area (Å²) in [6.07, 6.45) is 5.00. The van der Waals surface area contributed by atoms with Crippen LogP contribution in [0.25, 0.3) is 5.65 Å². The number of aryl methyl sites for hydroxylation is 1. The zero-order chi connectivity index (χ0) is 20.6. The number of aromatic nitrogens is 3. The molecule has 0 spiro atoms. The third-order valence-electron chi connectivity index (χ3n) is 5.90. The number of piperidine rings is 1. The first-order valence-electron chi connectivity index (χ1n) is 10.3. The monoisotopic (exact) mass is 406 g/mol. The lowest BCUT2D eigenvalue weighted by atomic mass is 9.90. The average molecular weight is 406 g/mol. The van der Waals surface area contributed by atoms with Crippen molar-refractivity contribution in [1.29, 1.82) is 0 Å². The smallest absolute Gasteiger partial charge is 0.334 e. The van der Waals surface area contributed by atoms with E-state index < -0.39 is 11.9 Å². The molecule has 2 atom stereocenters. The number of allylic oxidation sites excluding steroid dienone is 2. The summed E-state index contributed by atoms with van der Waals surface area (Å²) in [4.78, 5) is 19.3. The molecule has 0 unspecified atom stereocenters. The molecule has 0 aromatic carbocycles. The molecule has 0 bridgehead atoms. The van der Waals surface area contributed by atoms with E-state index >= 15 is 0 Å². The third kappa shape index (κ3) is 3.89. The highest BCUT2D eigenvalue weighted by Gasteiger charge is 2.37. The fourth-order valence-electron chi connectivity index (χ4n) is 4.35. The fraction of sp³-hybridized carbons (Fsp3) is 0.571. The Morgan fingerprint density at radius 2 is 2.03 bits per heavy atom. The second-order valence-corrected chi connectivity index (χ2v) is 7.85. The Hall–Kier alpha value is -2.38. The minimum atomic E-state index is -4.52. The Labute approximate surface area is 167 Å². The van der Waals surface area contributed by atoms with Gasteiger partial charge in [-0.05, 0) is 51.0 Å². The normalized spacial score (nSPS) is 23.0. The van der Waals surface area contributed by atoms with Crippen molar-refractivity contribution in [3.8, 4) is 0 Å². The van der Waals surface area contributed by atoms with Gasteiger partial charge in [-0.3, -0.25) is 4.79 Å². The molecule has 2 aromatic rings. The predicted octanol–water partition coefficient (Wildman–Crippen LogP) is 4.72. The molecular weight excluding hydrogens is 381 g/mol. The summed E-state index contributed by atoms with van der Waals surface area (Å²) in [5, 5.41) is 4.28. The van der Waals surface area contributed by atoms with Crippen LogP contribution >= 0.6 is 0 Å². The number of fused-ring (bicyclic) bond motifs is 1. The lowest BCUT2D eigenvalue weighted by molar-refractivity contribution is -0.143. The highest BCUT2D eigenvalue weighted by molar-refractivity contribution is 5.79. The van der Waals surface area contributed by atoms with Crippen LogP contribution in [0.5, 0.6) is 0 Å². The molecule has 1 aliphatic carbocycles. The van der Waals surface area contributed by atoms with Crippen LogP contribution in [0.2, 0.25) is 0 Å². The van der Waals surface area contributed by atoms with E-state index in [4.69, 9.17) is 0 Å². The van der Waals surface area contributed by atoms with Crippen LogP contribution in [0.3, 0.4) is 0 Å². The lowest BCUT2D eigenvalue weighted by Crippen LogP contribution is -2.42. The maximum Gasteiger partial charge on any atom is 0.433 e. The minimum absolute atomic E-state index is 0.0480. The first-order chi connectivity index (χ1) is 13.9. The highest BCUT2D eigenvalue weighted by atomic mass is 19.4. The SMILES string of the molecule is CCc1cc(C(F)(F)F)n2nc([C@@H]3CCCCN3C(=O)[C@H]3CC=CCC3)cc2n1. The van der Waals surface area contributed by atoms with Crippen molar-refractivity contribution in [3.63, 3.8) is 0 Å². The molecular formula is C21H25F3N4O. The molecule has 1 saturated heterocycles. The number of hydrogen-bond acceptors (Lipinski definition) is 3. The summed E-state index contributed by atoms with van der Waals surface area (Å²) >= 11 is 0. The Bertz CT molecular complexity index is 934. The number of alkyl halides is 3. The van der Waals surface area contributed by atoms with Gasteiger partial charge < -0.3 is 4.90 Å². The van der Waals surface area contributed by atoms with Gasteiger partial charge in [0.05, 0.1) is 11.7 Å². The van der Waals surface area contributed by atoms with Gasteiger partial charge in [0.25, 0.3) is 0 Å². The van der Waals surface area contributed by atoms with Gasteiger partial charge in [-0.1, -0.05) is 19.1 Å². The molecule has 1 fully saturated rings. The number of amides is 1. The van der Waals surface area contributed by atoms with Crippen molar-refractivity contribution < 1.29 is 18.0 Å². The Kier molecular flexibility index (Phi) is 5.36. The second-order valence-electron chi connectivity index (χ2n) is 7.85. The van der Waals surface area contributed by atoms with E-state index in [0.717, 1.165) is 42.7 Å². The van der Waals surface area contributed by atoms with Crippen LogP contribution in [0, 0.1) is 5.92 Å². The Balaban J connectivity index is 1.72. The molecule has 1 amide bonds. The number of nitrogens with zero attached hydrogens (tertiary/aromatic N) is 4. The fourth-order valence-corrected chi connectivity index (χ4v) is 4.35. The molecule has 2 aromatic heterocycles. The van der Waals surface area contributed by atoms with Crippen molar-refractivity contribution in [2.24, 2.45) is 5.92 Å². The lowest BCUT2D eigenvalue weighted by Gasteiger charge is -2.37. The molecule has 0 saturated carbocycles. The molecule has 4 rings (SSSR count). The quantitative estimate of drug-likeness (QED) is 0.693. The van der Waals surface area contributed by atoms with Crippen molar-refractivity contribution in [1.82, 2.24) is 19.5 Å². The van der Waals surface area contributed by atoms with Crippen molar-refractivity contribution in [3.05, 3.63) is 41.4 Å². The van der Waals surface area contributed by atoms with Crippen molar-refractivity contribution in [2.45, 2.75) is 64.1 Å². The first kappa shape index (κ1) is 19.9.